The summed E-state index contributed by atoms with van der Waals surface area (Å²) in [6.45, 7) is 2.84. The second-order valence-electron chi connectivity index (χ2n) is 7.04. The van der Waals surface area contributed by atoms with Crippen molar-refractivity contribution in [2.45, 2.75) is 32.2 Å². The third-order valence-electron chi connectivity index (χ3n) is 5.19. The van der Waals surface area contributed by atoms with Crippen molar-refractivity contribution in [2.24, 2.45) is 0 Å². The Bertz CT molecular complexity index is 1010. The zero-order chi connectivity index (χ0) is 19.7. The fourth-order valence-electron chi connectivity index (χ4n) is 3.86. The molecule has 0 aliphatic carbocycles. The number of hydrogen-bond acceptors (Lipinski definition) is 3. The third-order valence-corrected chi connectivity index (χ3v) is 5.68. The number of phenolic OH excluding ortho intramolecular Hbond substituents is 1. The molecule has 5 nitrogen and oxygen atoms in total. The molecule has 0 saturated heterocycles. The highest BCUT2D eigenvalue weighted by molar-refractivity contribution is 9.10. The van der Waals surface area contributed by atoms with Crippen LogP contribution in [0.4, 0.5) is 0 Å². The molecule has 1 atom stereocenters. The first-order chi connectivity index (χ1) is 13.6. The van der Waals surface area contributed by atoms with Crippen molar-refractivity contribution in [1.29, 1.82) is 0 Å². The lowest BCUT2D eigenvalue weighted by Gasteiger charge is -2.26. The summed E-state index contributed by atoms with van der Waals surface area (Å²) in [7, 11) is 0. The number of fused-ring (bicyclic) bond motifs is 1. The Labute approximate surface area is 172 Å². The van der Waals surface area contributed by atoms with Crippen LogP contribution in [0.1, 0.15) is 53.8 Å². The van der Waals surface area contributed by atoms with Crippen molar-refractivity contribution in [2.75, 3.05) is 6.54 Å². The van der Waals surface area contributed by atoms with Crippen molar-refractivity contribution in [1.82, 2.24) is 15.1 Å². The molecule has 0 spiro atoms. The van der Waals surface area contributed by atoms with E-state index in [1.807, 2.05) is 41.3 Å². The quantitative estimate of drug-likeness (QED) is 0.513. The van der Waals surface area contributed by atoms with Crippen molar-refractivity contribution in [3.63, 3.8) is 0 Å². The highest BCUT2D eigenvalue weighted by atomic mass is 79.9. The van der Waals surface area contributed by atoms with Crippen LogP contribution in [0.2, 0.25) is 0 Å². The van der Waals surface area contributed by atoms with Gasteiger partial charge in [0.25, 0.3) is 5.91 Å². The van der Waals surface area contributed by atoms with Crippen LogP contribution in [-0.4, -0.2) is 32.7 Å². The number of unbranched alkanes of at least 4 members (excludes halogenated alkanes) is 2. The second kappa shape index (κ2) is 7.80. The summed E-state index contributed by atoms with van der Waals surface area (Å²) in [6.07, 6.45) is 3.13. The number of H-pyrrole nitrogens is 1. The van der Waals surface area contributed by atoms with E-state index in [2.05, 4.69) is 33.1 Å². The number of rotatable bonds is 6. The van der Waals surface area contributed by atoms with E-state index in [0.29, 0.717) is 23.5 Å². The smallest absolute Gasteiger partial charge is 0.273 e. The van der Waals surface area contributed by atoms with Gasteiger partial charge in [-0.15, -0.1) is 0 Å². The van der Waals surface area contributed by atoms with Crippen LogP contribution in [0.25, 0.3) is 11.3 Å². The summed E-state index contributed by atoms with van der Waals surface area (Å²) in [5.74, 6) is 0.118. The maximum atomic E-state index is 13.2. The fraction of sp³-hybridized carbons (Fsp3) is 0.273. The van der Waals surface area contributed by atoms with Gasteiger partial charge in [-0.1, -0.05) is 60.0 Å². The highest BCUT2D eigenvalue weighted by Gasteiger charge is 2.42. The van der Waals surface area contributed by atoms with E-state index in [9.17, 15) is 9.90 Å². The van der Waals surface area contributed by atoms with E-state index in [4.69, 9.17) is 0 Å². The van der Waals surface area contributed by atoms with Crippen molar-refractivity contribution in [3.8, 4) is 17.0 Å². The maximum Gasteiger partial charge on any atom is 0.273 e. The van der Waals surface area contributed by atoms with Gasteiger partial charge in [0, 0.05) is 22.1 Å². The number of aromatic hydroxyl groups is 1. The Morgan fingerprint density at radius 2 is 2.00 bits per heavy atom. The first-order valence-electron chi connectivity index (χ1n) is 9.55. The van der Waals surface area contributed by atoms with Gasteiger partial charge in [0.15, 0.2) is 0 Å². The van der Waals surface area contributed by atoms with Crippen molar-refractivity contribution in [3.05, 3.63) is 69.8 Å². The molecule has 1 aromatic heterocycles. The average molecular weight is 440 g/mol. The minimum absolute atomic E-state index is 0.0368. The van der Waals surface area contributed by atoms with Gasteiger partial charge >= 0.3 is 0 Å². The SMILES string of the molecule is CCCCCN1C(=O)c2[nH]nc(-c3ccccc3O)c2C1c1cccc(Br)c1. The second-order valence-corrected chi connectivity index (χ2v) is 7.96. The summed E-state index contributed by atoms with van der Waals surface area (Å²) >= 11 is 3.55. The number of halogens is 1. The molecule has 0 saturated carbocycles. The molecule has 0 fully saturated rings. The lowest BCUT2D eigenvalue weighted by atomic mass is 9.95. The fourth-order valence-corrected chi connectivity index (χ4v) is 4.28. The largest absolute Gasteiger partial charge is 0.507 e. The Morgan fingerprint density at radius 1 is 1.18 bits per heavy atom. The molecule has 0 radical (unpaired) electrons. The van der Waals surface area contributed by atoms with Gasteiger partial charge in [-0.25, -0.2) is 0 Å². The van der Waals surface area contributed by atoms with E-state index in [1.165, 1.54) is 0 Å². The number of nitrogens with zero attached hydrogens (tertiary/aromatic N) is 2. The van der Waals surface area contributed by atoms with Crippen LogP contribution >= 0.6 is 15.9 Å². The van der Waals surface area contributed by atoms with Gasteiger partial charge in [0.05, 0.1) is 6.04 Å². The zero-order valence-electron chi connectivity index (χ0n) is 15.7. The van der Waals surface area contributed by atoms with Crippen LogP contribution in [0.3, 0.4) is 0 Å². The molecule has 1 aliphatic heterocycles. The molecule has 2 aromatic carbocycles. The maximum absolute atomic E-state index is 13.2. The number of hydrogen-bond donors (Lipinski definition) is 2. The molecule has 2 N–H and O–H groups in total. The molecule has 1 aliphatic rings. The number of aromatic nitrogens is 2. The van der Waals surface area contributed by atoms with E-state index in [-0.39, 0.29) is 17.7 Å². The first-order valence-corrected chi connectivity index (χ1v) is 10.3. The first kappa shape index (κ1) is 18.7. The summed E-state index contributed by atoms with van der Waals surface area (Å²) < 4.78 is 0.965. The number of nitrogens with one attached hydrogen (secondary N) is 1. The molecular formula is C22H22BrN3O2. The van der Waals surface area contributed by atoms with Gasteiger partial charge in [0.2, 0.25) is 0 Å². The molecule has 144 valence electrons. The Kier molecular flexibility index (Phi) is 5.22. The van der Waals surface area contributed by atoms with Crippen LogP contribution < -0.4 is 0 Å². The van der Waals surface area contributed by atoms with E-state index >= 15 is 0 Å². The monoisotopic (exact) mass is 439 g/mol. The molecule has 4 rings (SSSR count). The van der Waals surface area contributed by atoms with Gasteiger partial charge in [0.1, 0.15) is 17.1 Å². The molecule has 1 amide bonds. The third kappa shape index (κ3) is 3.22. The molecule has 1 unspecified atom stereocenters. The normalized spacial score (nSPS) is 15.9. The van der Waals surface area contributed by atoms with E-state index in [1.54, 1.807) is 12.1 Å². The molecule has 2 heterocycles. The number of benzene rings is 2. The van der Waals surface area contributed by atoms with Crippen LogP contribution in [-0.2, 0) is 0 Å². The Morgan fingerprint density at radius 3 is 2.75 bits per heavy atom. The topological polar surface area (TPSA) is 69.2 Å². The van der Waals surface area contributed by atoms with E-state index < -0.39 is 0 Å². The number of carbonyl (C=O) groups excluding carboxylic acids is 1. The number of carbonyl (C=O) groups is 1. The van der Waals surface area contributed by atoms with Crippen molar-refractivity contribution < 1.29 is 9.90 Å². The highest BCUT2D eigenvalue weighted by Crippen LogP contribution is 2.44. The molecular weight excluding hydrogens is 418 g/mol. The minimum atomic E-state index is -0.231. The predicted octanol–water partition coefficient (Wildman–Crippen LogP) is 5.28. The lowest BCUT2D eigenvalue weighted by molar-refractivity contribution is 0.0740. The van der Waals surface area contributed by atoms with Gasteiger partial charge < -0.3 is 10.0 Å². The minimum Gasteiger partial charge on any atom is -0.507 e. The summed E-state index contributed by atoms with van der Waals surface area (Å²) in [5, 5.41) is 17.7. The predicted molar refractivity (Wildman–Crippen MR) is 112 cm³/mol. The number of para-hydroxylation sites is 1. The summed E-state index contributed by atoms with van der Waals surface area (Å²) in [4.78, 5) is 15.1. The van der Waals surface area contributed by atoms with Crippen LogP contribution in [0, 0.1) is 0 Å². The summed E-state index contributed by atoms with van der Waals surface area (Å²) in [6, 6.07) is 14.9. The lowest BCUT2D eigenvalue weighted by Crippen LogP contribution is -2.30. The van der Waals surface area contributed by atoms with Crippen molar-refractivity contribution >= 4 is 21.8 Å². The zero-order valence-corrected chi connectivity index (χ0v) is 17.2. The Balaban J connectivity index is 1.85. The van der Waals surface area contributed by atoms with Crippen LogP contribution in [0.15, 0.2) is 53.0 Å². The summed E-state index contributed by atoms with van der Waals surface area (Å²) in [5.41, 5.74) is 3.63. The van der Waals surface area contributed by atoms with Gasteiger partial charge in [-0.2, -0.15) is 5.10 Å². The Hall–Kier alpha value is -2.60. The van der Waals surface area contributed by atoms with E-state index in [0.717, 1.165) is 34.9 Å². The number of amides is 1. The average Bonchev–Trinajstić information content (AvgIpc) is 3.22. The van der Waals surface area contributed by atoms with Gasteiger partial charge in [-0.3, -0.25) is 9.89 Å². The molecule has 3 aromatic rings. The molecule has 0 bridgehead atoms. The number of aromatic amines is 1. The molecule has 28 heavy (non-hydrogen) atoms. The standard InChI is InChI=1S/C22H22BrN3O2/c1-2-3-6-12-26-21(14-8-7-9-15(23)13-14)18-19(24-25-20(18)22(26)28)16-10-4-5-11-17(16)27/h4-5,7-11,13,21,27H,2-3,6,12H2,1H3,(H,24,25). The van der Waals surface area contributed by atoms with Gasteiger partial charge in [-0.05, 0) is 36.2 Å². The van der Waals surface area contributed by atoms with Crippen LogP contribution in [0.5, 0.6) is 5.75 Å². The molecule has 6 heteroatoms. The number of phenols is 1.